The third-order valence-corrected chi connectivity index (χ3v) is 3.96. The molecule has 0 amide bonds. The number of hydrogen-bond acceptors (Lipinski definition) is 4. The van der Waals surface area contributed by atoms with Crippen molar-refractivity contribution >= 4 is 0 Å². The highest BCUT2D eigenvalue weighted by Gasteiger charge is 2.20. The molecule has 0 radical (unpaired) electrons. The van der Waals surface area contributed by atoms with Crippen molar-refractivity contribution in [3.63, 3.8) is 0 Å². The SMILES string of the molecule is Cc1ccnc(-c2ccc(C)c(Cn3c(C(F)F)nn(C)c3=O)c2)n1. The van der Waals surface area contributed by atoms with Crippen molar-refractivity contribution in [2.45, 2.75) is 26.8 Å². The zero-order chi connectivity index (χ0) is 18.1. The van der Waals surface area contributed by atoms with Gasteiger partial charge in [0.2, 0.25) is 5.82 Å². The molecule has 0 saturated heterocycles. The molecular weight excluding hydrogens is 328 g/mol. The molecule has 0 atom stereocenters. The van der Waals surface area contributed by atoms with E-state index in [0.29, 0.717) is 5.82 Å². The van der Waals surface area contributed by atoms with Crippen LogP contribution in [0.3, 0.4) is 0 Å². The van der Waals surface area contributed by atoms with E-state index in [2.05, 4.69) is 15.1 Å². The average Bonchev–Trinajstić information content (AvgIpc) is 2.85. The smallest absolute Gasteiger partial charge is 0.270 e. The van der Waals surface area contributed by atoms with Gasteiger partial charge < -0.3 is 0 Å². The van der Waals surface area contributed by atoms with Gasteiger partial charge in [-0.1, -0.05) is 12.1 Å². The van der Waals surface area contributed by atoms with Gasteiger partial charge in [-0.2, -0.15) is 0 Å². The maximum absolute atomic E-state index is 13.2. The summed E-state index contributed by atoms with van der Waals surface area (Å²) in [5.74, 6) is 0.0120. The summed E-state index contributed by atoms with van der Waals surface area (Å²) in [4.78, 5) is 20.7. The van der Waals surface area contributed by atoms with Gasteiger partial charge in [0.15, 0.2) is 5.82 Å². The monoisotopic (exact) mass is 345 g/mol. The van der Waals surface area contributed by atoms with Crippen LogP contribution in [0.25, 0.3) is 11.4 Å². The van der Waals surface area contributed by atoms with E-state index in [1.54, 1.807) is 12.3 Å². The van der Waals surface area contributed by atoms with E-state index in [9.17, 15) is 13.6 Å². The second kappa shape index (κ2) is 6.54. The summed E-state index contributed by atoms with van der Waals surface area (Å²) in [6, 6.07) is 7.34. The molecule has 0 unspecified atom stereocenters. The molecule has 2 heterocycles. The van der Waals surface area contributed by atoms with Crippen LogP contribution in [0.2, 0.25) is 0 Å². The molecule has 0 aliphatic carbocycles. The highest BCUT2D eigenvalue weighted by atomic mass is 19.3. The Morgan fingerprint density at radius 2 is 1.96 bits per heavy atom. The minimum Gasteiger partial charge on any atom is -0.270 e. The van der Waals surface area contributed by atoms with Crippen molar-refractivity contribution < 1.29 is 8.78 Å². The molecule has 0 aliphatic heterocycles. The van der Waals surface area contributed by atoms with Crippen LogP contribution in [0.5, 0.6) is 0 Å². The van der Waals surface area contributed by atoms with E-state index in [0.717, 1.165) is 31.6 Å². The molecule has 0 bridgehead atoms. The second-order valence-corrected chi connectivity index (χ2v) is 5.81. The standard InChI is InChI=1S/C17H17F2N5O/c1-10-4-5-12(15-20-7-6-11(2)21-15)8-13(10)9-24-16(14(18)19)22-23(3)17(24)25/h4-8,14H,9H2,1-3H3. The lowest BCUT2D eigenvalue weighted by atomic mass is 10.0. The number of hydrogen-bond donors (Lipinski definition) is 0. The lowest BCUT2D eigenvalue weighted by molar-refractivity contribution is 0.134. The van der Waals surface area contributed by atoms with Gasteiger partial charge in [0, 0.05) is 24.5 Å². The lowest BCUT2D eigenvalue weighted by Crippen LogP contribution is -2.24. The van der Waals surface area contributed by atoms with Crippen molar-refractivity contribution in [3.8, 4) is 11.4 Å². The van der Waals surface area contributed by atoms with Gasteiger partial charge in [-0.15, -0.1) is 5.10 Å². The Hall–Kier alpha value is -2.90. The number of nitrogens with zero attached hydrogens (tertiary/aromatic N) is 5. The van der Waals surface area contributed by atoms with E-state index in [-0.39, 0.29) is 6.54 Å². The zero-order valence-corrected chi connectivity index (χ0v) is 14.1. The Labute approximate surface area is 142 Å². The fraction of sp³-hybridized carbons (Fsp3) is 0.294. The average molecular weight is 345 g/mol. The van der Waals surface area contributed by atoms with Crippen LogP contribution >= 0.6 is 0 Å². The number of aromatic nitrogens is 5. The van der Waals surface area contributed by atoms with Crippen LogP contribution in [0.15, 0.2) is 35.3 Å². The normalized spacial score (nSPS) is 11.3. The van der Waals surface area contributed by atoms with Crippen LogP contribution in [0.1, 0.15) is 29.1 Å². The highest BCUT2D eigenvalue weighted by molar-refractivity contribution is 5.57. The van der Waals surface area contributed by atoms with Crippen LogP contribution < -0.4 is 5.69 Å². The summed E-state index contributed by atoms with van der Waals surface area (Å²) < 4.78 is 28.2. The summed E-state index contributed by atoms with van der Waals surface area (Å²) in [6.07, 6.45) is -1.16. The van der Waals surface area contributed by atoms with E-state index in [1.165, 1.54) is 7.05 Å². The van der Waals surface area contributed by atoms with Crippen LogP contribution in [-0.2, 0) is 13.6 Å². The molecule has 1 aromatic carbocycles. The number of rotatable bonds is 4. The predicted molar refractivity (Wildman–Crippen MR) is 88.5 cm³/mol. The third kappa shape index (κ3) is 3.33. The molecule has 130 valence electrons. The first-order chi connectivity index (χ1) is 11.9. The quantitative estimate of drug-likeness (QED) is 0.729. The Morgan fingerprint density at radius 1 is 1.20 bits per heavy atom. The Bertz CT molecular complexity index is 977. The number of benzene rings is 1. The van der Waals surface area contributed by atoms with E-state index in [4.69, 9.17) is 0 Å². The first-order valence-corrected chi connectivity index (χ1v) is 7.68. The third-order valence-electron chi connectivity index (χ3n) is 3.96. The zero-order valence-electron chi connectivity index (χ0n) is 14.1. The number of alkyl halides is 2. The first-order valence-electron chi connectivity index (χ1n) is 7.68. The molecule has 0 spiro atoms. The number of aryl methyl sites for hydroxylation is 3. The summed E-state index contributed by atoms with van der Waals surface area (Å²) in [7, 11) is 1.36. The van der Waals surface area contributed by atoms with Gasteiger partial charge in [0.1, 0.15) is 0 Å². The molecule has 0 saturated carbocycles. The molecule has 25 heavy (non-hydrogen) atoms. The van der Waals surface area contributed by atoms with Gasteiger partial charge in [-0.3, -0.25) is 4.57 Å². The van der Waals surface area contributed by atoms with Crippen molar-refractivity contribution in [2.24, 2.45) is 7.05 Å². The Balaban J connectivity index is 2.05. The lowest BCUT2D eigenvalue weighted by Gasteiger charge is -2.10. The molecule has 3 aromatic rings. The minimum absolute atomic E-state index is 0.0117. The van der Waals surface area contributed by atoms with E-state index in [1.807, 2.05) is 32.0 Å². The Kier molecular flexibility index (Phi) is 4.43. The minimum atomic E-state index is -2.82. The highest BCUT2D eigenvalue weighted by Crippen LogP contribution is 2.22. The molecule has 6 nitrogen and oxygen atoms in total. The van der Waals surface area contributed by atoms with Crippen LogP contribution in [0, 0.1) is 13.8 Å². The maximum Gasteiger partial charge on any atom is 0.346 e. The summed E-state index contributed by atoms with van der Waals surface area (Å²) in [6.45, 7) is 3.74. The van der Waals surface area contributed by atoms with Crippen molar-refractivity contribution in [1.82, 2.24) is 24.3 Å². The van der Waals surface area contributed by atoms with Gasteiger partial charge >= 0.3 is 5.69 Å². The van der Waals surface area contributed by atoms with Gasteiger partial charge in [0.05, 0.1) is 6.54 Å². The summed E-state index contributed by atoms with van der Waals surface area (Å²) in [5.41, 5.74) is 2.63. The molecule has 0 N–H and O–H groups in total. The molecular formula is C17H17F2N5O. The van der Waals surface area contributed by atoms with Crippen molar-refractivity contribution in [3.05, 3.63) is 63.6 Å². The Morgan fingerprint density at radius 3 is 2.64 bits per heavy atom. The van der Waals surface area contributed by atoms with Crippen molar-refractivity contribution in [2.75, 3.05) is 0 Å². The predicted octanol–water partition coefficient (Wildman–Crippen LogP) is 2.64. The largest absolute Gasteiger partial charge is 0.346 e. The molecule has 0 aliphatic rings. The van der Waals surface area contributed by atoms with E-state index < -0.39 is 17.9 Å². The molecule has 2 aromatic heterocycles. The topological polar surface area (TPSA) is 65.6 Å². The fourth-order valence-corrected chi connectivity index (χ4v) is 2.57. The maximum atomic E-state index is 13.2. The van der Waals surface area contributed by atoms with Gasteiger partial charge in [-0.05, 0) is 37.1 Å². The van der Waals surface area contributed by atoms with E-state index >= 15 is 0 Å². The van der Waals surface area contributed by atoms with Crippen LogP contribution in [0.4, 0.5) is 8.78 Å². The summed E-state index contributed by atoms with van der Waals surface area (Å²) >= 11 is 0. The van der Waals surface area contributed by atoms with Crippen molar-refractivity contribution in [1.29, 1.82) is 0 Å². The summed E-state index contributed by atoms with van der Waals surface area (Å²) in [5, 5.41) is 3.62. The first kappa shape index (κ1) is 16.9. The van der Waals surface area contributed by atoms with Crippen LogP contribution in [-0.4, -0.2) is 24.3 Å². The fourth-order valence-electron chi connectivity index (χ4n) is 2.57. The van der Waals surface area contributed by atoms with Gasteiger partial charge in [0.25, 0.3) is 6.43 Å². The molecule has 0 fully saturated rings. The number of halogens is 2. The molecule has 8 heteroatoms. The molecule has 3 rings (SSSR count). The van der Waals surface area contributed by atoms with Gasteiger partial charge in [-0.25, -0.2) is 28.2 Å². The second-order valence-electron chi connectivity index (χ2n) is 5.81.